The smallest absolute Gasteiger partial charge is 0.246 e. The number of anilines is 1. The minimum Gasteiger partial charge on any atom is -0.352 e. The summed E-state index contributed by atoms with van der Waals surface area (Å²) in [7, 11) is 0. The van der Waals surface area contributed by atoms with Crippen LogP contribution in [0.3, 0.4) is 0 Å². The molecule has 6 nitrogen and oxygen atoms in total. The van der Waals surface area contributed by atoms with E-state index in [9.17, 15) is 10.1 Å². The first-order valence-corrected chi connectivity index (χ1v) is 10.5. The first-order chi connectivity index (χ1) is 15.0. The molecule has 0 spiro atoms. The highest BCUT2D eigenvalue weighted by molar-refractivity contribution is 6.37. The Kier molecular flexibility index (Phi) is 6.08. The highest BCUT2D eigenvalue weighted by atomic mass is 35.5. The third-order valence-electron chi connectivity index (χ3n) is 5.43. The summed E-state index contributed by atoms with van der Waals surface area (Å²) in [5.74, 6) is 0.561. The summed E-state index contributed by atoms with van der Waals surface area (Å²) in [6.07, 6.45) is 3.04. The Labute approximate surface area is 190 Å². The van der Waals surface area contributed by atoms with Gasteiger partial charge in [-0.05, 0) is 24.3 Å². The van der Waals surface area contributed by atoms with Crippen LogP contribution in [0.1, 0.15) is 6.42 Å². The van der Waals surface area contributed by atoms with E-state index in [1.807, 2.05) is 36.4 Å². The molecule has 31 heavy (non-hydrogen) atoms. The summed E-state index contributed by atoms with van der Waals surface area (Å²) < 4.78 is 0. The number of nitriles is 1. The fourth-order valence-electron chi connectivity index (χ4n) is 3.94. The molecule has 156 valence electrons. The molecule has 0 N–H and O–H groups in total. The SMILES string of the molecule is C=CC(=O)N1CCN(c2ncnc3cc(-c4ccccc4Cl)c(Cl)cc23)CC1CC#N. The number of carbonyl (C=O) groups excluding carboxylic acids is 1. The summed E-state index contributed by atoms with van der Waals surface area (Å²) in [6, 6.07) is 13.2. The van der Waals surface area contributed by atoms with E-state index in [2.05, 4.69) is 27.5 Å². The Morgan fingerprint density at radius 3 is 2.74 bits per heavy atom. The number of benzene rings is 2. The fourth-order valence-corrected chi connectivity index (χ4v) is 4.44. The Bertz CT molecular complexity index is 1210. The number of fused-ring (bicyclic) bond motifs is 1. The molecule has 4 rings (SSSR count). The van der Waals surface area contributed by atoms with Crippen LogP contribution in [0.2, 0.25) is 10.0 Å². The zero-order valence-electron chi connectivity index (χ0n) is 16.6. The van der Waals surface area contributed by atoms with Crippen molar-refractivity contribution in [2.45, 2.75) is 12.5 Å². The summed E-state index contributed by atoms with van der Waals surface area (Å²) >= 11 is 13.0. The van der Waals surface area contributed by atoms with Crippen molar-refractivity contribution in [3.8, 4) is 17.2 Å². The predicted molar refractivity (Wildman–Crippen MR) is 123 cm³/mol. The minimum atomic E-state index is -0.243. The van der Waals surface area contributed by atoms with E-state index in [0.717, 1.165) is 27.8 Å². The second kappa shape index (κ2) is 8.93. The molecule has 0 aliphatic carbocycles. The predicted octanol–water partition coefficient (Wildman–Crippen LogP) is 4.72. The van der Waals surface area contributed by atoms with Gasteiger partial charge in [0.1, 0.15) is 12.1 Å². The summed E-state index contributed by atoms with van der Waals surface area (Å²) in [6.45, 7) is 5.12. The number of nitrogens with zero attached hydrogens (tertiary/aromatic N) is 5. The van der Waals surface area contributed by atoms with Crippen LogP contribution < -0.4 is 4.90 Å². The van der Waals surface area contributed by atoms with Crippen LogP contribution >= 0.6 is 23.2 Å². The second-order valence-electron chi connectivity index (χ2n) is 7.22. The van der Waals surface area contributed by atoms with Crippen LogP contribution in [0.15, 0.2) is 55.4 Å². The molecule has 1 aliphatic rings. The number of amides is 1. The van der Waals surface area contributed by atoms with E-state index >= 15 is 0 Å². The average molecular weight is 452 g/mol. The molecule has 1 aromatic heterocycles. The molecule has 0 radical (unpaired) electrons. The van der Waals surface area contributed by atoms with Gasteiger partial charge in [0.25, 0.3) is 0 Å². The first-order valence-electron chi connectivity index (χ1n) is 9.77. The van der Waals surface area contributed by atoms with Crippen LogP contribution in [-0.2, 0) is 4.79 Å². The lowest BCUT2D eigenvalue weighted by Gasteiger charge is -2.41. The molecule has 0 bridgehead atoms. The van der Waals surface area contributed by atoms with Gasteiger partial charge in [0, 0.05) is 46.2 Å². The molecule has 0 saturated carbocycles. The lowest BCUT2D eigenvalue weighted by atomic mass is 10.0. The van der Waals surface area contributed by atoms with Crippen molar-refractivity contribution in [1.29, 1.82) is 5.26 Å². The summed E-state index contributed by atoms with van der Waals surface area (Å²) in [5, 5.41) is 11.2. The van der Waals surface area contributed by atoms with E-state index in [1.54, 1.807) is 4.90 Å². The van der Waals surface area contributed by atoms with Crippen molar-refractivity contribution in [3.05, 3.63) is 65.4 Å². The molecule has 3 aromatic rings. The van der Waals surface area contributed by atoms with Crippen molar-refractivity contribution >= 4 is 45.8 Å². The van der Waals surface area contributed by atoms with Gasteiger partial charge in [0.15, 0.2) is 0 Å². The zero-order chi connectivity index (χ0) is 22.0. The molecule has 1 amide bonds. The molecule has 2 aromatic carbocycles. The van der Waals surface area contributed by atoms with Gasteiger partial charge in [-0.3, -0.25) is 4.79 Å². The maximum absolute atomic E-state index is 12.2. The zero-order valence-corrected chi connectivity index (χ0v) is 18.1. The van der Waals surface area contributed by atoms with Crippen LogP contribution in [0.25, 0.3) is 22.0 Å². The Morgan fingerprint density at radius 2 is 2.00 bits per heavy atom. The molecule has 1 unspecified atom stereocenters. The molecule has 1 saturated heterocycles. The van der Waals surface area contributed by atoms with Crippen LogP contribution in [0, 0.1) is 11.3 Å². The maximum atomic E-state index is 12.2. The molecule has 1 atom stereocenters. The quantitative estimate of drug-likeness (QED) is 0.536. The Morgan fingerprint density at radius 1 is 1.19 bits per heavy atom. The van der Waals surface area contributed by atoms with Crippen molar-refractivity contribution in [3.63, 3.8) is 0 Å². The second-order valence-corrected chi connectivity index (χ2v) is 8.04. The van der Waals surface area contributed by atoms with Gasteiger partial charge >= 0.3 is 0 Å². The fraction of sp³-hybridized carbons (Fsp3) is 0.217. The van der Waals surface area contributed by atoms with E-state index in [4.69, 9.17) is 23.2 Å². The maximum Gasteiger partial charge on any atom is 0.246 e. The first kappa shape index (κ1) is 21.1. The molecule has 2 heterocycles. The molecule has 1 fully saturated rings. The monoisotopic (exact) mass is 451 g/mol. The lowest BCUT2D eigenvalue weighted by Crippen LogP contribution is -2.55. The summed E-state index contributed by atoms with van der Waals surface area (Å²) in [5.41, 5.74) is 2.38. The standard InChI is InChI=1S/C23H19Cl2N5O/c1-2-22(31)30-10-9-29(13-15(30)7-8-26)23-18-11-20(25)17(12-21(18)27-14-28-23)16-5-3-4-6-19(16)24/h2-6,11-12,14-15H,1,7,9-10,13H2. The number of carbonyl (C=O) groups is 1. The average Bonchev–Trinajstić information content (AvgIpc) is 2.78. The number of rotatable bonds is 4. The van der Waals surface area contributed by atoms with E-state index < -0.39 is 0 Å². The Hall–Kier alpha value is -3.14. The van der Waals surface area contributed by atoms with Gasteiger partial charge in [-0.25, -0.2) is 9.97 Å². The number of piperazine rings is 1. The number of hydrogen-bond donors (Lipinski definition) is 0. The van der Waals surface area contributed by atoms with Crippen molar-refractivity contribution < 1.29 is 4.79 Å². The number of aromatic nitrogens is 2. The van der Waals surface area contributed by atoms with E-state index in [0.29, 0.717) is 29.7 Å². The van der Waals surface area contributed by atoms with Crippen molar-refractivity contribution in [2.24, 2.45) is 0 Å². The molecular formula is C23H19Cl2N5O. The highest BCUT2D eigenvalue weighted by Crippen LogP contribution is 2.37. The Balaban J connectivity index is 1.73. The van der Waals surface area contributed by atoms with Gasteiger partial charge < -0.3 is 9.80 Å². The van der Waals surface area contributed by atoms with Gasteiger partial charge in [-0.15, -0.1) is 0 Å². The minimum absolute atomic E-state index is 0.167. The van der Waals surface area contributed by atoms with Gasteiger partial charge in [-0.2, -0.15) is 5.26 Å². The summed E-state index contributed by atoms with van der Waals surface area (Å²) in [4.78, 5) is 24.9. The van der Waals surface area contributed by atoms with Crippen LogP contribution in [0.5, 0.6) is 0 Å². The third kappa shape index (κ3) is 4.07. The molecule has 8 heteroatoms. The van der Waals surface area contributed by atoms with Crippen LogP contribution in [0.4, 0.5) is 5.82 Å². The third-order valence-corrected chi connectivity index (χ3v) is 6.08. The van der Waals surface area contributed by atoms with E-state index in [-0.39, 0.29) is 18.4 Å². The van der Waals surface area contributed by atoms with Gasteiger partial charge in [0.05, 0.1) is 24.0 Å². The van der Waals surface area contributed by atoms with Gasteiger partial charge in [-0.1, -0.05) is 48.0 Å². The number of hydrogen-bond acceptors (Lipinski definition) is 5. The highest BCUT2D eigenvalue weighted by Gasteiger charge is 2.30. The molecular weight excluding hydrogens is 433 g/mol. The topological polar surface area (TPSA) is 73.1 Å². The largest absolute Gasteiger partial charge is 0.352 e. The number of halogens is 2. The van der Waals surface area contributed by atoms with Gasteiger partial charge in [0.2, 0.25) is 5.91 Å². The van der Waals surface area contributed by atoms with Crippen LogP contribution in [-0.4, -0.2) is 46.5 Å². The van der Waals surface area contributed by atoms with E-state index in [1.165, 1.54) is 12.4 Å². The lowest BCUT2D eigenvalue weighted by molar-refractivity contribution is -0.128. The normalized spacial score (nSPS) is 16.2. The van der Waals surface area contributed by atoms with Crippen molar-refractivity contribution in [2.75, 3.05) is 24.5 Å². The van der Waals surface area contributed by atoms with Crippen molar-refractivity contribution in [1.82, 2.24) is 14.9 Å². The molecule has 1 aliphatic heterocycles.